The van der Waals surface area contributed by atoms with Crippen LogP contribution in [0.3, 0.4) is 0 Å². The second-order valence-corrected chi connectivity index (χ2v) is 7.67. The molecule has 1 aliphatic rings. The smallest absolute Gasteiger partial charge is 0.319 e. The summed E-state index contributed by atoms with van der Waals surface area (Å²) in [6, 6.07) is 18.1. The maximum Gasteiger partial charge on any atom is 0.319 e. The lowest BCUT2D eigenvalue weighted by molar-refractivity contribution is 0.213. The van der Waals surface area contributed by atoms with Gasteiger partial charge in [0, 0.05) is 22.0 Å². The Hall–Kier alpha value is -1.98. The summed E-state index contributed by atoms with van der Waals surface area (Å²) in [5.41, 5.74) is 0.821. The molecule has 1 fully saturated rings. The van der Waals surface area contributed by atoms with Gasteiger partial charge in [-0.25, -0.2) is 4.79 Å². The van der Waals surface area contributed by atoms with Crippen LogP contribution in [-0.2, 0) is 0 Å². The molecule has 5 heteroatoms. The molecule has 0 spiro atoms. The predicted molar refractivity (Wildman–Crippen MR) is 104 cm³/mol. The number of nitrogens with one attached hydrogen (secondary N) is 2. The monoisotopic (exact) mass is 355 g/mol. The number of carbonyl (C=O) groups is 1. The second kappa shape index (κ2) is 8.92. The normalized spacial score (nSPS) is 15.7. The molecule has 0 saturated carbocycles. The summed E-state index contributed by atoms with van der Waals surface area (Å²) in [5.74, 6) is 0.585. The van der Waals surface area contributed by atoms with Crippen LogP contribution < -0.4 is 10.6 Å². The van der Waals surface area contributed by atoms with E-state index < -0.39 is 0 Å². The third-order valence-corrected chi connectivity index (χ3v) is 5.46. The maximum atomic E-state index is 12.1. The third kappa shape index (κ3) is 5.80. The molecule has 0 aliphatic carbocycles. The lowest BCUT2D eigenvalue weighted by Gasteiger charge is -2.28. The van der Waals surface area contributed by atoms with Crippen LogP contribution in [0.1, 0.15) is 12.8 Å². The molecule has 0 radical (unpaired) electrons. The van der Waals surface area contributed by atoms with E-state index in [4.69, 9.17) is 0 Å². The molecular formula is C20H25N3OS. The Morgan fingerprint density at radius 1 is 1.08 bits per heavy atom. The number of likely N-dealkylation sites (tertiary alicyclic amines) is 1. The molecule has 2 N–H and O–H groups in total. The van der Waals surface area contributed by atoms with E-state index in [1.807, 2.05) is 36.4 Å². The van der Waals surface area contributed by atoms with Crippen LogP contribution in [0, 0.1) is 5.92 Å². The summed E-state index contributed by atoms with van der Waals surface area (Å²) in [5, 5.41) is 5.95. The number of anilines is 1. The highest BCUT2D eigenvalue weighted by Crippen LogP contribution is 2.29. The molecule has 0 aromatic heterocycles. The van der Waals surface area contributed by atoms with Crippen LogP contribution in [0.5, 0.6) is 0 Å². The van der Waals surface area contributed by atoms with Gasteiger partial charge < -0.3 is 15.5 Å². The number of benzene rings is 2. The van der Waals surface area contributed by atoms with Crippen molar-refractivity contribution in [2.45, 2.75) is 22.6 Å². The van der Waals surface area contributed by atoms with Crippen molar-refractivity contribution < 1.29 is 4.79 Å². The zero-order valence-corrected chi connectivity index (χ0v) is 15.4. The first-order valence-corrected chi connectivity index (χ1v) is 9.57. The topological polar surface area (TPSA) is 44.4 Å². The average molecular weight is 356 g/mol. The minimum absolute atomic E-state index is 0.124. The van der Waals surface area contributed by atoms with Gasteiger partial charge in [0.1, 0.15) is 0 Å². The first-order chi connectivity index (χ1) is 12.2. The van der Waals surface area contributed by atoms with Crippen molar-refractivity contribution in [3.63, 3.8) is 0 Å². The van der Waals surface area contributed by atoms with Crippen LogP contribution in [0.4, 0.5) is 10.5 Å². The summed E-state index contributed by atoms with van der Waals surface area (Å²) >= 11 is 1.69. The number of nitrogens with zero attached hydrogens (tertiary/aromatic N) is 1. The molecule has 132 valence electrons. The number of hydrogen-bond donors (Lipinski definition) is 2. The third-order valence-electron chi connectivity index (χ3n) is 4.46. The highest BCUT2D eigenvalue weighted by molar-refractivity contribution is 7.99. The first kappa shape index (κ1) is 17.8. The maximum absolute atomic E-state index is 12.1. The number of urea groups is 1. The van der Waals surface area contributed by atoms with Crippen molar-refractivity contribution in [2.75, 3.05) is 32.0 Å². The van der Waals surface area contributed by atoms with Crippen LogP contribution in [0.15, 0.2) is 64.4 Å². The van der Waals surface area contributed by atoms with Crippen molar-refractivity contribution in [1.29, 1.82) is 0 Å². The van der Waals surface area contributed by atoms with Gasteiger partial charge in [0.05, 0.1) is 0 Å². The largest absolute Gasteiger partial charge is 0.338 e. The van der Waals surface area contributed by atoms with E-state index in [9.17, 15) is 4.79 Å². The molecular weight excluding hydrogens is 330 g/mol. The van der Waals surface area contributed by atoms with Gasteiger partial charge >= 0.3 is 6.03 Å². The summed E-state index contributed by atoms with van der Waals surface area (Å²) < 4.78 is 0. The van der Waals surface area contributed by atoms with E-state index in [1.54, 1.807) is 11.8 Å². The van der Waals surface area contributed by atoms with Crippen LogP contribution in [0.25, 0.3) is 0 Å². The summed E-state index contributed by atoms with van der Waals surface area (Å²) in [4.78, 5) is 16.8. The summed E-state index contributed by atoms with van der Waals surface area (Å²) in [7, 11) is 2.15. The van der Waals surface area contributed by atoms with Gasteiger partial charge in [-0.2, -0.15) is 0 Å². The minimum Gasteiger partial charge on any atom is -0.338 e. The van der Waals surface area contributed by atoms with E-state index in [0.29, 0.717) is 5.92 Å². The Morgan fingerprint density at radius 3 is 2.56 bits per heavy atom. The van der Waals surface area contributed by atoms with E-state index >= 15 is 0 Å². The molecule has 4 nitrogen and oxygen atoms in total. The highest BCUT2D eigenvalue weighted by atomic mass is 32.2. The van der Waals surface area contributed by atoms with Crippen molar-refractivity contribution in [3.8, 4) is 0 Å². The van der Waals surface area contributed by atoms with Crippen LogP contribution in [0.2, 0.25) is 0 Å². The molecule has 3 rings (SSSR count). The molecule has 25 heavy (non-hydrogen) atoms. The Balaban J connectivity index is 1.49. The van der Waals surface area contributed by atoms with Crippen molar-refractivity contribution in [3.05, 3.63) is 54.6 Å². The second-order valence-electron chi connectivity index (χ2n) is 6.52. The van der Waals surface area contributed by atoms with Crippen molar-refractivity contribution in [1.82, 2.24) is 10.2 Å². The van der Waals surface area contributed by atoms with E-state index in [-0.39, 0.29) is 6.03 Å². The fourth-order valence-electron chi connectivity index (χ4n) is 2.94. The van der Waals surface area contributed by atoms with Crippen molar-refractivity contribution >= 4 is 23.5 Å². The number of carbonyl (C=O) groups excluding carboxylic acids is 1. The van der Waals surface area contributed by atoms with Gasteiger partial charge in [-0.1, -0.05) is 36.0 Å². The van der Waals surface area contributed by atoms with Gasteiger partial charge in [-0.05, 0) is 69.2 Å². The fraction of sp³-hybridized carbons (Fsp3) is 0.350. The van der Waals surface area contributed by atoms with Gasteiger partial charge in [0.15, 0.2) is 0 Å². The Morgan fingerprint density at radius 2 is 1.80 bits per heavy atom. The van der Waals surface area contributed by atoms with Crippen LogP contribution >= 0.6 is 11.8 Å². The number of amides is 2. The minimum atomic E-state index is -0.124. The van der Waals surface area contributed by atoms with Crippen LogP contribution in [-0.4, -0.2) is 37.6 Å². The van der Waals surface area contributed by atoms with Gasteiger partial charge in [-0.15, -0.1) is 0 Å². The first-order valence-electron chi connectivity index (χ1n) is 8.75. The van der Waals surface area contributed by atoms with Crippen molar-refractivity contribution in [2.24, 2.45) is 5.92 Å². The average Bonchev–Trinajstić information content (AvgIpc) is 2.62. The molecule has 0 unspecified atom stereocenters. The number of piperidine rings is 1. The lowest BCUT2D eigenvalue weighted by atomic mass is 9.97. The highest BCUT2D eigenvalue weighted by Gasteiger charge is 2.17. The molecule has 2 aromatic rings. The zero-order chi connectivity index (χ0) is 17.5. The summed E-state index contributed by atoms with van der Waals surface area (Å²) in [6.07, 6.45) is 2.31. The lowest BCUT2D eigenvalue weighted by Crippen LogP contribution is -2.38. The van der Waals surface area contributed by atoms with E-state index in [2.05, 4.69) is 40.8 Å². The molecule has 2 aromatic carbocycles. The zero-order valence-electron chi connectivity index (χ0n) is 14.6. The number of rotatable bonds is 5. The van der Waals surface area contributed by atoms with E-state index in [1.165, 1.54) is 4.90 Å². The van der Waals surface area contributed by atoms with Gasteiger partial charge in [-0.3, -0.25) is 0 Å². The SMILES string of the molecule is CN1CCC(CNC(=O)Nc2cccc(Sc3ccccc3)c2)CC1. The standard InChI is InChI=1S/C20H25N3OS/c1-23-12-10-16(11-13-23)15-21-20(24)22-17-6-5-9-19(14-17)25-18-7-3-2-4-8-18/h2-9,14,16H,10-13,15H2,1H3,(H2,21,22,24). The predicted octanol–water partition coefficient (Wildman–Crippen LogP) is 4.30. The Bertz CT molecular complexity index is 684. The van der Waals surface area contributed by atoms with Gasteiger partial charge in [0.2, 0.25) is 0 Å². The Kier molecular flexibility index (Phi) is 6.36. The Labute approximate surface area is 154 Å². The molecule has 0 bridgehead atoms. The molecule has 1 aliphatic heterocycles. The molecule has 2 amide bonds. The quantitative estimate of drug-likeness (QED) is 0.840. The number of hydrogen-bond acceptors (Lipinski definition) is 3. The van der Waals surface area contributed by atoms with Gasteiger partial charge in [0.25, 0.3) is 0 Å². The van der Waals surface area contributed by atoms with E-state index in [0.717, 1.165) is 43.1 Å². The summed E-state index contributed by atoms with van der Waals surface area (Å²) in [6.45, 7) is 2.98. The molecule has 0 atom stereocenters. The molecule has 1 saturated heterocycles. The fourth-order valence-corrected chi connectivity index (χ4v) is 3.84. The molecule has 1 heterocycles.